The third kappa shape index (κ3) is 4.14. The second-order valence-corrected chi connectivity index (χ2v) is 8.10. The van der Waals surface area contributed by atoms with E-state index in [9.17, 15) is 9.59 Å². The van der Waals surface area contributed by atoms with Crippen molar-refractivity contribution in [1.29, 1.82) is 0 Å². The summed E-state index contributed by atoms with van der Waals surface area (Å²) in [5.41, 5.74) is 11.4. The van der Waals surface area contributed by atoms with Gasteiger partial charge in [-0.25, -0.2) is 0 Å². The molecule has 0 aromatic heterocycles. The molecule has 0 fully saturated rings. The number of rotatable bonds is 5. The van der Waals surface area contributed by atoms with Gasteiger partial charge < -0.3 is 16.4 Å². The average molecular weight is 426 g/mol. The van der Waals surface area contributed by atoms with Crippen molar-refractivity contribution in [3.8, 4) is 11.1 Å². The van der Waals surface area contributed by atoms with Gasteiger partial charge in [-0.05, 0) is 35.3 Å². The van der Waals surface area contributed by atoms with Gasteiger partial charge >= 0.3 is 0 Å². The van der Waals surface area contributed by atoms with Gasteiger partial charge in [-0.3, -0.25) is 9.59 Å². The van der Waals surface area contributed by atoms with Gasteiger partial charge in [0.05, 0.1) is 6.04 Å². The molecule has 0 aliphatic carbocycles. The number of carbonyl (C=O) groups excluding carboxylic acids is 2. The molecule has 5 nitrogen and oxygen atoms in total. The van der Waals surface area contributed by atoms with Crippen molar-refractivity contribution in [2.24, 2.45) is 5.92 Å². The Labute approximate surface area is 188 Å². The van der Waals surface area contributed by atoms with Gasteiger partial charge in [0.2, 0.25) is 5.91 Å². The third-order valence-electron chi connectivity index (χ3n) is 6.04. The van der Waals surface area contributed by atoms with Gasteiger partial charge in [-0.15, -0.1) is 0 Å². The number of nitrogens with two attached hydrogens (primary N) is 1. The normalized spacial score (nSPS) is 17.4. The largest absolute Gasteiger partial charge is 0.398 e. The van der Waals surface area contributed by atoms with E-state index in [0.717, 1.165) is 28.7 Å². The van der Waals surface area contributed by atoms with Crippen LogP contribution in [-0.4, -0.2) is 17.9 Å². The highest BCUT2D eigenvalue weighted by molar-refractivity contribution is 6.11. The molecule has 1 aliphatic rings. The molecular formula is C27H27N3O2. The fourth-order valence-corrected chi connectivity index (χ4v) is 4.13. The standard InChI is InChI=1S/C27H27N3O2/c1-3-17(2)26-22(18-10-4-5-13-21(18)27(32)30-26)16-25(31)29-24-15-9-7-12-20(24)19-11-6-8-14-23(19)28/h4-17,26H,3,28H2,1-2H3,(H,29,31)(H,30,32)/t17-,26-/m0/s1. The summed E-state index contributed by atoms with van der Waals surface area (Å²) in [6.45, 7) is 4.16. The number of anilines is 2. The van der Waals surface area contributed by atoms with Crippen molar-refractivity contribution in [2.45, 2.75) is 26.3 Å². The minimum atomic E-state index is -0.249. The van der Waals surface area contributed by atoms with Crippen molar-refractivity contribution < 1.29 is 9.59 Å². The Kier molecular flexibility index (Phi) is 6.08. The number of nitrogen functional groups attached to an aromatic ring is 1. The molecule has 0 saturated heterocycles. The van der Waals surface area contributed by atoms with Crippen LogP contribution in [0.3, 0.4) is 0 Å². The first-order valence-corrected chi connectivity index (χ1v) is 10.9. The van der Waals surface area contributed by atoms with Crippen LogP contribution in [-0.2, 0) is 4.79 Å². The highest BCUT2D eigenvalue weighted by Crippen LogP contribution is 2.34. The predicted molar refractivity (Wildman–Crippen MR) is 130 cm³/mol. The Morgan fingerprint density at radius 2 is 1.56 bits per heavy atom. The molecule has 32 heavy (non-hydrogen) atoms. The zero-order chi connectivity index (χ0) is 22.7. The molecule has 0 spiro atoms. The third-order valence-corrected chi connectivity index (χ3v) is 6.04. The van der Waals surface area contributed by atoms with Gasteiger partial charge in [-0.2, -0.15) is 0 Å². The Balaban J connectivity index is 1.71. The zero-order valence-electron chi connectivity index (χ0n) is 18.3. The number of para-hydroxylation sites is 2. The number of nitrogens with one attached hydrogen (secondary N) is 2. The molecule has 0 unspecified atom stereocenters. The minimum Gasteiger partial charge on any atom is -0.398 e. The quantitative estimate of drug-likeness (QED) is 0.392. The van der Waals surface area contributed by atoms with Crippen LogP contribution in [0, 0.1) is 5.92 Å². The second-order valence-electron chi connectivity index (χ2n) is 8.10. The summed E-state index contributed by atoms with van der Waals surface area (Å²) in [4.78, 5) is 25.8. The van der Waals surface area contributed by atoms with Gasteiger partial charge in [0.1, 0.15) is 0 Å². The van der Waals surface area contributed by atoms with E-state index in [1.165, 1.54) is 0 Å². The van der Waals surface area contributed by atoms with Gasteiger partial charge in [0.25, 0.3) is 5.91 Å². The molecular weight excluding hydrogens is 398 g/mol. The number of carbonyl (C=O) groups is 2. The molecule has 3 aromatic carbocycles. The summed E-state index contributed by atoms with van der Waals surface area (Å²) >= 11 is 0. The Bertz CT molecular complexity index is 1200. The van der Waals surface area contributed by atoms with Crippen molar-refractivity contribution in [2.75, 3.05) is 11.1 Å². The summed E-state index contributed by atoms with van der Waals surface area (Å²) in [5.74, 6) is -0.169. The highest BCUT2D eigenvalue weighted by Gasteiger charge is 2.31. The number of hydrogen-bond donors (Lipinski definition) is 3. The minimum absolute atomic E-state index is 0.103. The predicted octanol–water partition coefficient (Wildman–Crippen LogP) is 5.12. The van der Waals surface area contributed by atoms with Gasteiger partial charge in [-0.1, -0.05) is 74.9 Å². The molecule has 0 bridgehead atoms. The fourth-order valence-electron chi connectivity index (χ4n) is 4.13. The van der Waals surface area contributed by atoms with E-state index in [2.05, 4.69) is 24.5 Å². The van der Waals surface area contributed by atoms with Crippen molar-refractivity contribution in [3.63, 3.8) is 0 Å². The van der Waals surface area contributed by atoms with Crippen molar-refractivity contribution >= 4 is 28.8 Å². The SMILES string of the molecule is CC[C@H](C)[C@@H]1NC(=O)c2ccccc2C1=CC(=O)Nc1ccccc1-c1ccccc1N. The molecule has 4 rings (SSSR count). The van der Waals surface area contributed by atoms with Crippen LogP contribution in [0.25, 0.3) is 16.7 Å². The highest BCUT2D eigenvalue weighted by atomic mass is 16.2. The monoisotopic (exact) mass is 425 g/mol. The van der Waals surface area contributed by atoms with Crippen LogP contribution in [0.15, 0.2) is 78.9 Å². The van der Waals surface area contributed by atoms with E-state index in [4.69, 9.17) is 5.73 Å². The van der Waals surface area contributed by atoms with Crippen LogP contribution in [0.4, 0.5) is 11.4 Å². The topological polar surface area (TPSA) is 84.2 Å². The fraction of sp³-hybridized carbons (Fsp3) is 0.185. The molecule has 5 heteroatoms. The number of benzene rings is 3. The summed E-state index contributed by atoms with van der Waals surface area (Å²) in [7, 11) is 0. The number of amides is 2. The maximum absolute atomic E-state index is 13.2. The van der Waals surface area contributed by atoms with Crippen LogP contribution >= 0.6 is 0 Å². The van der Waals surface area contributed by atoms with E-state index < -0.39 is 0 Å². The summed E-state index contributed by atoms with van der Waals surface area (Å²) < 4.78 is 0. The molecule has 2 atom stereocenters. The Hall–Kier alpha value is -3.86. The molecule has 2 amide bonds. The van der Waals surface area contributed by atoms with Crippen molar-refractivity contribution in [3.05, 3.63) is 90.0 Å². The summed E-state index contributed by atoms with van der Waals surface area (Å²) in [5, 5.41) is 6.10. The van der Waals surface area contributed by atoms with E-state index >= 15 is 0 Å². The number of fused-ring (bicyclic) bond motifs is 1. The van der Waals surface area contributed by atoms with Crippen LogP contribution in [0.5, 0.6) is 0 Å². The number of hydrogen-bond acceptors (Lipinski definition) is 3. The average Bonchev–Trinajstić information content (AvgIpc) is 2.81. The summed E-state index contributed by atoms with van der Waals surface area (Å²) in [6, 6.07) is 22.4. The maximum Gasteiger partial charge on any atom is 0.252 e. The van der Waals surface area contributed by atoms with Crippen LogP contribution in [0.1, 0.15) is 36.2 Å². The molecule has 4 N–H and O–H groups in total. The van der Waals surface area contributed by atoms with E-state index in [1.54, 1.807) is 12.1 Å². The first kappa shape index (κ1) is 21.4. The van der Waals surface area contributed by atoms with E-state index in [1.807, 2.05) is 66.7 Å². The molecule has 1 aliphatic heterocycles. The molecule has 1 heterocycles. The molecule has 0 radical (unpaired) electrons. The van der Waals surface area contributed by atoms with Crippen molar-refractivity contribution in [1.82, 2.24) is 5.32 Å². The first-order chi connectivity index (χ1) is 15.5. The lowest BCUT2D eigenvalue weighted by molar-refractivity contribution is -0.111. The Morgan fingerprint density at radius 3 is 2.25 bits per heavy atom. The lowest BCUT2D eigenvalue weighted by Gasteiger charge is -2.32. The summed E-state index contributed by atoms with van der Waals surface area (Å²) in [6.07, 6.45) is 2.49. The maximum atomic E-state index is 13.2. The Morgan fingerprint density at radius 1 is 0.969 bits per heavy atom. The second kappa shape index (κ2) is 9.10. The van der Waals surface area contributed by atoms with Crippen LogP contribution < -0.4 is 16.4 Å². The molecule has 162 valence electrons. The van der Waals surface area contributed by atoms with Gasteiger partial charge in [0, 0.05) is 34.1 Å². The molecule has 3 aromatic rings. The lowest BCUT2D eigenvalue weighted by atomic mass is 9.82. The molecule has 0 saturated carbocycles. The van der Waals surface area contributed by atoms with E-state index in [-0.39, 0.29) is 23.8 Å². The lowest BCUT2D eigenvalue weighted by Crippen LogP contribution is -2.44. The van der Waals surface area contributed by atoms with Gasteiger partial charge in [0.15, 0.2) is 0 Å². The van der Waals surface area contributed by atoms with E-state index in [0.29, 0.717) is 16.9 Å². The first-order valence-electron chi connectivity index (χ1n) is 10.9. The smallest absolute Gasteiger partial charge is 0.252 e. The zero-order valence-corrected chi connectivity index (χ0v) is 18.3. The van der Waals surface area contributed by atoms with Crippen LogP contribution in [0.2, 0.25) is 0 Å².